The third-order valence-electron chi connectivity index (χ3n) is 5.25. The molecule has 1 amide bonds. The maximum absolute atomic E-state index is 14.3. The van der Waals surface area contributed by atoms with Crippen molar-refractivity contribution in [3.8, 4) is 0 Å². The van der Waals surface area contributed by atoms with E-state index in [1.807, 2.05) is 12.1 Å². The molecule has 3 rings (SSSR count). The number of hydrogen-bond acceptors (Lipinski definition) is 3. The van der Waals surface area contributed by atoms with E-state index in [0.29, 0.717) is 18.7 Å². The normalized spacial score (nSPS) is 23.3. The highest BCUT2D eigenvalue weighted by Crippen LogP contribution is 2.43. The van der Waals surface area contributed by atoms with Crippen LogP contribution < -0.4 is 0 Å². The minimum atomic E-state index is -0.397. The zero-order valence-corrected chi connectivity index (χ0v) is 13.4. The fourth-order valence-electron chi connectivity index (χ4n) is 4.07. The van der Waals surface area contributed by atoms with Gasteiger partial charge in [0.05, 0.1) is 13.0 Å². The Balaban J connectivity index is 1.83. The molecular weight excluding hydrogens is 297 g/mol. The summed E-state index contributed by atoms with van der Waals surface area (Å²) in [5.41, 5.74) is 0.373. The summed E-state index contributed by atoms with van der Waals surface area (Å²) in [6.07, 6.45) is 4.02. The van der Waals surface area contributed by atoms with Crippen LogP contribution >= 0.6 is 0 Å². The van der Waals surface area contributed by atoms with Crippen LogP contribution in [-0.2, 0) is 19.7 Å². The van der Waals surface area contributed by atoms with Crippen molar-refractivity contribution in [1.29, 1.82) is 0 Å². The summed E-state index contributed by atoms with van der Waals surface area (Å²) in [5.74, 6) is -0.979. The second-order valence-corrected chi connectivity index (χ2v) is 6.67. The van der Waals surface area contributed by atoms with Crippen LogP contribution in [0.1, 0.15) is 37.7 Å². The van der Waals surface area contributed by atoms with E-state index in [-0.39, 0.29) is 29.5 Å². The lowest BCUT2D eigenvalue weighted by Crippen LogP contribution is -2.41. The van der Waals surface area contributed by atoms with Gasteiger partial charge in [-0.15, -0.1) is 0 Å². The minimum absolute atomic E-state index is 0.0389. The van der Waals surface area contributed by atoms with E-state index in [1.54, 1.807) is 11.0 Å². The Morgan fingerprint density at radius 2 is 2.04 bits per heavy atom. The second kappa shape index (κ2) is 6.30. The highest BCUT2D eigenvalue weighted by Gasteiger charge is 2.43. The maximum Gasteiger partial charge on any atom is 0.310 e. The van der Waals surface area contributed by atoms with Gasteiger partial charge in [-0.3, -0.25) is 9.59 Å². The van der Waals surface area contributed by atoms with Gasteiger partial charge in [-0.1, -0.05) is 31.0 Å². The first-order chi connectivity index (χ1) is 11.1. The third-order valence-corrected chi connectivity index (χ3v) is 5.25. The number of nitrogens with zero attached hydrogens (tertiary/aromatic N) is 1. The van der Waals surface area contributed by atoms with Gasteiger partial charge in [0.2, 0.25) is 5.91 Å². The number of esters is 1. The van der Waals surface area contributed by atoms with Gasteiger partial charge in [-0.05, 0) is 24.5 Å². The van der Waals surface area contributed by atoms with E-state index in [0.717, 1.165) is 25.7 Å². The smallest absolute Gasteiger partial charge is 0.310 e. The lowest BCUT2D eigenvalue weighted by Gasteiger charge is -2.34. The summed E-state index contributed by atoms with van der Waals surface area (Å²) in [4.78, 5) is 25.7. The molecule has 0 aromatic heterocycles. The average molecular weight is 319 g/mol. The Morgan fingerprint density at radius 3 is 2.70 bits per heavy atom. The lowest BCUT2D eigenvalue weighted by molar-refractivity contribution is -0.145. The van der Waals surface area contributed by atoms with Crippen LogP contribution in [0.15, 0.2) is 24.3 Å². The van der Waals surface area contributed by atoms with Crippen LogP contribution in [0.25, 0.3) is 0 Å². The monoisotopic (exact) mass is 319 g/mol. The zero-order valence-electron chi connectivity index (χ0n) is 13.4. The molecule has 1 aliphatic carbocycles. The third kappa shape index (κ3) is 2.96. The quantitative estimate of drug-likeness (QED) is 0.802. The number of ether oxygens (including phenoxy) is 1. The van der Waals surface area contributed by atoms with E-state index in [9.17, 15) is 14.0 Å². The van der Waals surface area contributed by atoms with Gasteiger partial charge in [0, 0.05) is 24.9 Å². The fraction of sp³-hybridized carbons (Fsp3) is 0.556. The van der Waals surface area contributed by atoms with Crippen molar-refractivity contribution in [1.82, 2.24) is 4.90 Å². The molecule has 5 heteroatoms. The van der Waals surface area contributed by atoms with Gasteiger partial charge in [-0.25, -0.2) is 4.39 Å². The van der Waals surface area contributed by atoms with E-state index in [4.69, 9.17) is 4.74 Å². The van der Waals surface area contributed by atoms with Crippen LogP contribution in [0, 0.1) is 11.7 Å². The van der Waals surface area contributed by atoms with Crippen LogP contribution in [0.2, 0.25) is 0 Å². The largest absolute Gasteiger partial charge is 0.469 e. The number of amides is 1. The molecule has 2 fully saturated rings. The Bertz CT molecular complexity index is 610. The summed E-state index contributed by atoms with van der Waals surface area (Å²) in [6, 6.07) is 6.86. The van der Waals surface area contributed by atoms with Crippen molar-refractivity contribution < 1.29 is 18.7 Å². The van der Waals surface area contributed by atoms with Gasteiger partial charge in [-0.2, -0.15) is 0 Å². The molecule has 0 N–H and O–H groups in total. The number of methoxy groups -OCH3 is 1. The Hall–Kier alpha value is -1.91. The number of likely N-dealkylation sites (tertiary alicyclic amines) is 1. The van der Waals surface area contributed by atoms with Gasteiger partial charge in [0.1, 0.15) is 5.82 Å². The molecule has 0 spiro atoms. The maximum atomic E-state index is 14.3. The highest BCUT2D eigenvalue weighted by atomic mass is 19.1. The van der Waals surface area contributed by atoms with E-state index >= 15 is 0 Å². The average Bonchev–Trinajstić information content (AvgIpc) is 3.16. The molecule has 1 atom stereocenters. The van der Waals surface area contributed by atoms with Crippen LogP contribution in [0.4, 0.5) is 4.39 Å². The molecule has 1 saturated heterocycles. The number of rotatable bonds is 4. The molecule has 1 saturated carbocycles. The molecule has 23 heavy (non-hydrogen) atoms. The van der Waals surface area contributed by atoms with Crippen molar-refractivity contribution in [3.05, 3.63) is 35.6 Å². The van der Waals surface area contributed by atoms with Crippen molar-refractivity contribution in [3.63, 3.8) is 0 Å². The first kappa shape index (κ1) is 16.0. The Labute approximate surface area is 135 Å². The Kier molecular flexibility index (Phi) is 4.37. The first-order valence-corrected chi connectivity index (χ1v) is 8.16. The SMILES string of the molecule is COC(=O)C1CC(=O)N(CC2(c3ccccc3F)CCCC2)C1. The molecule has 1 aromatic rings. The number of hydrogen-bond donors (Lipinski definition) is 0. The van der Waals surface area contributed by atoms with Gasteiger partial charge in [0.15, 0.2) is 0 Å². The van der Waals surface area contributed by atoms with Crippen molar-refractivity contribution in [2.45, 2.75) is 37.5 Å². The lowest BCUT2D eigenvalue weighted by atomic mass is 9.78. The molecule has 1 heterocycles. The molecule has 0 radical (unpaired) electrons. The van der Waals surface area contributed by atoms with Crippen LogP contribution in [0.5, 0.6) is 0 Å². The minimum Gasteiger partial charge on any atom is -0.469 e. The predicted octanol–water partition coefficient (Wildman–Crippen LogP) is 2.66. The topological polar surface area (TPSA) is 46.6 Å². The molecule has 1 aliphatic heterocycles. The first-order valence-electron chi connectivity index (χ1n) is 8.16. The van der Waals surface area contributed by atoms with Crippen molar-refractivity contribution >= 4 is 11.9 Å². The van der Waals surface area contributed by atoms with E-state index in [1.165, 1.54) is 13.2 Å². The van der Waals surface area contributed by atoms with Gasteiger partial charge >= 0.3 is 5.97 Å². The molecule has 0 bridgehead atoms. The number of benzene rings is 1. The summed E-state index contributed by atoms with van der Waals surface area (Å²) in [6.45, 7) is 0.863. The summed E-state index contributed by atoms with van der Waals surface area (Å²) in [5, 5.41) is 0. The summed E-state index contributed by atoms with van der Waals surface area (Å²) < 4.78 is 19.1. The van der Waals surface area contributed by atoms with Crippen LogP contribution in [0.3, 0.4) is 0 Å². The van der Waals surface area contributed by atoms with Crippen molar-refractivity contribution in [2.75, 3.05) is 20.2 Å². The summed E-state index contributed by atoms with van der Waals surface area (Å²) in [7, 11) is 1.34. The number of carbonyl (C=O) groups is 2. The second-order valence-electron chi connectivity index (χ2n) is 6.67. The zero-order chi connectivity index (χ0) is 16.4. The molecular formula is C18H22FNO3. The highest BCUT2D eigenvalue weighted by molar-refractivity contribution is 5.86. The molecule has 2 aliphatic rings. The standard InChI is InChI=1S/C18H22FNO3/c1-23-17(22)13-10-16(21)20(11-13)12-18(8-4-5-9-18)14-6-2-3-7-15(14)19/h2-3,6-7,13H,4-5,8-12H2,1H3. The number of carbonyl (C=O) groups excluding carboxylic acids is 2. The Morgan fingerprint density at radius 1 is 1.35 bits per heavy atom. The number of halogens is 1. The molecule has 124 valence electrons. The van der Waals surface area contributed by atoms with Crippen LogP contribution in [-0.4, -0.2) is 37.0 Å². The van der Waals surface area contributed by atoms with Gasteiger partial charge < -0.3 is 9.64 Å². The van der Waals surface area contributed by atoms with Crippen molar-refractivity contribution in [2.24, 2.45) is 5.92 Å². The van der Waals surface area contributed by atoms with Gasteiger partial charge in [0.25, 0.3) is 0 Å². The van der Waals surface area contributed by atoms with E-state index in [2.05, 4.69) is 0 Å². The predicted molar refractivity (Wildman–Crippen MR) is 83.2 cm³/mol. The molecule has 1 aromatic carbocycles. The van der Waals surface area contributed by atoms with E-state index < -0.39 is 5.92 Å². The molecule has 4 nitrogen and oxygen atoms in total. The molecule has 1 unspecified atom stereocenters. The fourth-order valence-corrected chi connectivity index (χ4v) is 4.07. The summed E-state index contributed by atoms with van der Waals surface area (Å²) >= 11 is 0.